The largest absolute Gasteiger partial charge is 0.379 e. The number of hydrogen-bond acceptors (Lipinski definition) is 6. The topological polar surface area (TPSA) is 116 Å². The summed E-state index contributed by atoms with van der Waals surface area (Å²) >= 11 is 0. The fraction of sp³-hybridized carbons (Fsp3) is 0.562. The maximum absolute atomic E-state index is 12.6. The lowest BCUT2D eigenvalue weighted by Gasteiger charge is -2.25. The molecule has 0 spiro atoms. The maximum atomic E-state index is 12.6. The summed E-state index contributed by atoms with van der Waals surface area (Å²) in [5, 5.41) is 10.8. The molecule has 1 aromatic rings. The Morgan fingerprint density at radius 1 is 1.38 bits per heavy atom. The number of carbonyl (C=O) groups excluding carboxylic acids is 1. The van der Waals surface area contributed by atoms with Crippen LogP contribution in [0, 0.1) is 12.3 Å². The van der Waals surface area contributed by atoms with Crippen molar-refractivity contribution in [2.75, 3.05) is 32.8 Å². The average molecular weight is 379 g/mol. The molecule has 0 bridgehead atoms. The van der Waals surface area contributed by atoms with Gasteiger partial charge in [-0.2, -0.15) is 14.5 Å². The van der Waals surface area contributed by atoms with Crippen molar-refractivity contribution in [3.63, 3.8) is 0 Å². The fourth-order valence-electron chi connectivity index (χ4n) is 2.73. The molecular formula is C16H21N5O4S. The predicted molar refractivity (Wildman–Crippen MR) is 93.0 cm³/mol. The highest BCUT2D eigenvalue weighted by Gasteiger charge is 2.38. The number of morpholine rings is 1. The standard InChI is InChI=1S/C16H21N5O4S/c1-2-3-4-16(19-20-16)5-6-17-15(22)14-11-13(12-18-14)26(23,24)21-7-9-25-10-8-21/h1,11-12,18H,3-10H2,(H,17,22). The van der Waals surface area contributed by atoms with Crippen molar-refractivity contribution in [2.24, 2.45) is 10.2 Å². The summed E-state index contributed by atoms with van der Waals surface area (Å²) in [7, 11) is -3.63. The highest BCUT2D eigenvalue weighted by atomic mass is 32.2. The molecule has 26 heavy (non-hydrogen) atoms. The fourth-order valence-corrected chi connectivity index (χ4v) is 4.13. The molecule has 1 amide bonds. The molecule has 2 N–H and O–H groups in total. The first-order valence-corrected chi connectivity index (χ1v) is 9.83. The van der Waals surface area contributed by atoms with Gasteiger partial charge in [0.05, 0.1) is 13.2 Å². The Kier molecular flexibility index (Phi) is 5.41. The molecule has 140 valence electrons. The SMILES string of the molecule is C#CCCC1(CCNC(=O)c2cc(S(=O)(=O)N3CCOCC3)c[nH]2)N=N1. The first kappa shape index (κ1) is 18.6. The first-order chi connectivity index (χ1) is 12.5. The molecule has 1 fully saturated rings. The molecule has 1 saturated heterocycles. The van der Waals surface area contributed by atoms with E-state index in [9.17, 15) is 13.2 Å². The summed E-state index contributed by atoms with van der Waals surface area (Å²) in [4.78, 5) is 15.0. The van der Waals surface area contributed by atoms with Crippen LogP contribution in [0.5, 0.6) is 0 Å². The summed E-state index contributed by atoms with van der Waals surface area (Å²) in [6.07, 6.45) is 8.40. The first-order valence-electron chi connectivity index (χ1n) is 8.39. The van der Waals surface area contributed by atoms with Gasteiger partial charge in [-0.1, -0.05) is 0 Å². The van der Waals surface area contributed by atoms with Crippen molar-refractivity contribution in [3.8, 4) is 12.3 Å². The molecule has 2 aliphatic rings. The van der Waals surface area contributed by atoms with Crippen molar-refractivity contribution >= 4 is 15.9 Å². The monoisotopic (exact) mass is 379 g/mol. The molecule has 0 atom stereocenters. The van der Waals surface area contributed by atoms with Crippen LogP contribution in [0.1, 0.15) is 29.8 Å². The van der Waals surface area contributed by atoms with Gasteiger partial charge in [0.1, 0.15) is 10.6 Å². The molecule has 0 aliphatic carbocycles. The van der Waals surface area contributed by atoms with Gasteiger partial charge in [-0.05, 0) is 6.07 Å². The van der Waals surface area contributed by atoms with Crippen LogP contribution in [0.3, 0.4) is 0 Å². The number of amides is 1. The molecule has 2 aliphatic heterocycles. The van der Waals surface area contributed by atoms with Gasteiger partial charge in [0, 0.05) is 45.1 Å². The van der Waals surface area contributed by atoms with E-state index >= 15 is 0 Å². The van der Waals surface area contributed by atoms with Gasteiger partial charge in [0.15, 0.2) is 5.66 Å². The Morgan fingerprint density at radius 3 is 2.77 bits per heavy atom. The second-order valence-electron chi connectivity index (χ2n) is 6.16. The van der Waals surface area contributed by atoms with E-state index in [4.69, 9.17) is 11.2 Å². The van der Waals surface area contributed by atoms with E-state index in [2.05, 4.69) is 26.4 Å². The third-order valence-corrected chi connectivity index (χ3v) is 6.25. The highest BCUT2D eigenvalue weighted by Crippen LogP contribution is 2.36. The molecule has 3 rings (SSSR count). The molecule has 0 saturated carbocycles. The van der Waals surface area contributed by atoms with Crippen LogP contribution in [0.4, 0.5) is 0 Å². The molecule has 1 aromatic heterocycles. The number of carbonyl (C=O) groups is 1. The van der Waals surface area contributed by atoms with Gasteiger partial charge in [0.25, 0.3) is 5.91 Å². The number of ether oxygens (including phenoxy) is 1. The summed E-state index contributed by atoms with van der Waals surface area (Å²) in [6, 6.07) is 1.35. The lowest BCUT2D eigenvalue weighted by atomic mass is 10.0. The number of nitrogens with zero attached hydrogens (tertiary/aromatic N) is 3. The third-order valence-electron chi connectivity index (χ3n) is 4.37. The zero-order valence-corrected chi connectivity index (χ0v) is 15.1. The number of aromatic amines is 1. The molecule has 0 aromatic carbocycles. The number of hydrogen-bond donors (Lipinski definition) is 2. The zero-order chi connectivity index (χ0) is 18.6. The summed E-state index contributed by atoms with van der Waals surface area (Å²) in [5.74, 6) is 2.18. The Morgan fingerprint density at radius 2 is 2.12 bits per heavy atom. The van der Waals surface area contributed by atoms with Gasteiger partial charge in [-0.15, -0.1) is 12.3 Å². The van der Waals surface area contributed by atoms with E-state index in [1.165, 1.54) is 16.6 Å². The van der Waals surface area contributed by atoms with Crippen LogP contribution in [0.2, 0.25) is 0 Å². The van der Waals surface area contributed by atoms with Gasteiger partial charge in [-0.3, -0.25) is 4.79 Å². The number of rotatable bonds is 8. The van der Waals surface area contributed by atoms with Gasteiger partial charge in [0.2, 0.25) is 10.0 Å². The van der Waals surface area contributed by atoms with Crippen LogP contribution in [0.15, 0.2) is 27.4 Å². The van der Waals surface area contributed by atoms with Crippen LogP contribution < -0.4 is 5.32 Å². The van der Waals surface area contributed by atoms with Crippen molar-refractivity contribution in [3.05, 3.63) is 18.0 Å². The smallest absolute Gasteiger partial charge is 0.267 e. The number of H-pyrrole nitrogens is 1. The van der Waals surface area contributed by atoms with Crippen LogP contribution >= 0.6 is 0 Å². The van der Waals surface area contributed by atoms with Crippen LogP contribution in [-0.4, -0.2) is 62.1 Å². The number of nitrogens with one attached hydrogen (secondary N) is 2. The minimum Gasteiger partial charge on any atom is -0.379 e. The van der Waals surface area contributed by atoms with Crippen molar-refractivity contribution in [1.29, 1.82) is 0 Å². The van der Waals surface area contributed by atoms with E-state index in [0.717, 1.165) is 0 Å². The second-order valence-corrected chi connectivity index (χ2v) is 8.10. The Balaban J connectivity index is 1.54. The minimum atomic E-state index is -3.63. The highest BCUT2D eigenvalue weighted by molar-refractivity contribution is 7.89. The zero-order valence-electron chi connectivity index (χ0n) is 14.3. The van der Waals surface area contributed by atoms with E-state index in [1.54, 1.807) is 0 Å². The summed E-state index contributed by atoms with van der Waals surface area (Å²) in [5.41, 5.74) is -0.264. The van der Waals surface area contributed by atoms with E-state index in [1.807, 2.05) is 0 Å². The predicted octanol–water partition coefficient (Wildman–Crippen LogP) is 0.731. The van der Waals surface area contributed by atoms with Crippen LogP contribution in [-0.2, 0) is 14.8 Å². The molecule has 9 nitrogen and oxygen atoms in total. The van der Waals surface area contributed by atoms with Gasteiger partial charge >= 0.3 is 0 Å². The Bertz CT molecular complexity index is 827. The number of aromatic nitrogens is 1. The molecular weight excluding hydrogens is 358 g/mol. The molecule has 0 radical (unpaired) electrons. The van der Waals surface area contributed by atoms with Crippen molar-refractivity contribution < 1.29 is 17.9 Å². The lowest BCUT2D eigenvalue weighted by Crippen LogP contribution is -2.40. The van der Waals surface area contributed by atoms with E-state index in [-0.39, 0.29) is 16.5 Å². The number of terminal acetylenes is 1. The van der Waals surface area contributed by atoms with Crippen molar-refractivity contribution in [1.82, 2.24) is 14.6 Å². The van der Waals surface area contributed by atoms with Crippen molar-refractivity contribution in [2.45, 2.75) is 29.8 Å². The van der Waals surface area contributed by atoms with E-state index in [0.29, 0.717) is 52.1 Å². The van der Waals surface area contributed by atoms with E-state index < -0.39 is 15.7 Å². The average Bonchev–Trinajstić information content (AvgIpc) is 3.22. The maximum Gasteiger partial charge on any atom is 0.267 e. The Labute approximate surface area is 152 Å². The van der Waals surface area contributed by atoms with Gasteiger partial charge < -0.3 is 15.0 Å². The molecule has 10 heteroatoms. The second kappa shape index (κ2) is 7.57. The molecule has 0 unspecified atom stereocenters. The third kappa shape index (κ3) is 4.12. The quantitative estimate of drug-likeness (QED) is 0.648. The Hall–Kier alpha value is -2.22. The van der Waals surface area contributed by atoms with Crippen LogP contribution in [0.25, 0.3) is 0 Å². The minimum absolute atomic E-state index is 0.0715. The lowest BCUT2D eigenvalue weighted by molar-refractivity contribution is 0.0730. The normalized spacial score (nSPS) is 19.0. The van der Waals surface area contributed by atoms with Gasteiger partial charge in [-0.25, -0.2) is 8.42 Å². The summed E-state index contributed by atoms with van der Waals surface area (Å²) in [6.45, 7) is 1.73. The summed E-state index contributed by atoms with van der Waals surface area (Å²) < 4.78 is 31.6. The number of sulfonamides is 1. The molecule has 3 heterocycles.